The van der Waals surface area contributed by atoms with Gasteiger partial charge in [-0.2, -0.15) is 0 Å². The first-order valence-electron chi connectivity index (χ1n) is 6.64. The minimum Gasteiger partial charge on any atom is -0.487 e. The fraction of sp³-hybridized carbons (Fsp3) is 0.0588. The van der Waals surface area contributed by atoms with E-state index in [-0.39, 0.29) is 5.84 Å². The van der Waals surface area contributed by atoms with Crippen molar-refractivity contribution in [1.82, 2.24) is 4.98 Å². The molecule has 3 rings (SSSR count). The SMILES string of the molecule is N=C(N)c1ccc(COc2cccc3cccnc23)cc1. The standard InChI is InChI=1S/C17H15N3O/c18-17(19)14-8-6-12(7-9-14)11-21-15-5-1-3-13-4-2-10-20-16(13)15/h1-10H,11H2,(H3,18,19). The third-order valence-corrected chi connectivity index (χ3v) is 3.25. The first kappa shape index (κ1) is 13.1. The Bertz CT molecular complexity index is 776. The van der Waals surface area contributed by atoms with Crippen LogP contribution >= 0.6 is 0 Å². The molecule has 0 atom stereocenters. The Kier molecular flexibility index (Phi) is 3.51. The molecule has 0 aliphatic heterocycles. The first-order chi connectivity index (χ1) is 10.2. The van der Waals surface area contributed by atoms with Gasteiger partial charge in [0, 0.05) is 17.1 Å². The molecule has 3 aromatic rings. The summed E-state index contributed by atoms with van der Waals surface area (Å²) in [4.78, 5) is 4.36. The second-order valence-corrected chi connectivity index (χ2v) is 4.73. The molecule has 0 amide bonds. The number of para-hydroxylation sites is 1. The van der Waals surface area contributed by atoms with Crippen LogP contribution in [-0.4, -0.2) is 10.8 Å². The van der Waals surface area contributed by atoms with Gasteiger partial charge in [0.1, 0.15) is 23.7 Å². The van der Waals surface area contributed by atoms with Gasteiger partial charge in [0.15, 0.2) is 0 Å². The van der Waals surface area contributed by atoms with Gasteiger partial charge in [-0.05, 0) is 17.7 Å². The number of fused-ring (bicyclic) bond motifs is 1. The highest BCUT2D eigenvalue weighted by atomic mass is 16.5. The topological polar surface area (TPSA) is 72.0 Å². The molecule has 21 heavy (non-hydrogen) atoms. The van der Waals surface area contributed by atoms with E-state index in [2.05, 4.69) is 4.98 Å². The van der Waals surface area contributed by atoms with E-state index in [0.29, 0.717) is 12.2 Å². The summed E-state index contributed by atoms with van der Waals surface area (Å²) in [5.74, 6) is 0.837. The molecule has 104 valence electrons. The molecule has 2 aromatic carbocycles. The van der Waals surface area contributed by atoms with Gasteiger partial charge in [0.25, 0.3) is 0 Å². The molecular formula is C17H15N3O. The summed E-state index contributed by atoms with van der Waals surface area (Å²) >= 11 is 0. The molecule has 0 bridgehead atoms. The van der Waals surface area contributed by atoms with Crippen molar-refractivity contribution in [2.75, 3.05) is 0 Å². The number of nitrogens with two attached hydrogens (primary N) is 1. The fourth-order valence-electron chi connectivity index (χ4n) is 2.13. The number of amidine groups is 1. The minimum absolute atomic E-state index is 0.0701. The van der Waals surface area contributed by atoms with Gasteiger partial charge in [-0.25, -0.2) is 0 Å². The highest BCUT2D eigenvalue weighted by molar-refractivity contribution is 5.94. The summed E-state index contributed by atoms with van der Waals surface area (Å²) in [7, 11) is 0. The molecule has 0 aliphatic rings. The Morgan fingerprint density at radius 3 is 2.57 bits per heavy atom. The molecule has 1 heterocycles. The van der Waals surface area contributed by atoms with E-state index in [1.807, 2.05) is 54.6 Å². The minimum atomic E-state index is 0.0701. The van der Waals surface area contributed by atoms with Gasteiger partial charge < -0.3 is 10.5 Å². The van der Waals surface area contributed by atoms with Crippen molar-refractivity contribution < 1.29 is 4.74 Å². The van der Waals surface area contributed by atoms with Gasteiger partial charge >= 0.3 is 0 Å². The average Bonchev–Trinajstić information content (AvgIpc) is 2.53. The highest BCUT2D eigenvalue weighted by Gasteiger charge is 2.03. The number of nitrogens with zero attached hydrogens (tertiary/aromatic N) is 1. The second kappa shape index (κ2) is 5.63. The van der Waals surface area contributed by atoms with Crippen LogP contribution in [0, 0.1) is 5.41 Å². The number of hydrogen-bond donors (Lipinski definition) is 2. The number of rotatable bonds is 4. The molecule has 0 saturated carbocycles. The Hall–Kier alpha value is -2.88. The monoisotopic (exact) mass is 277 g/mol. The Labute approximate surface area is 122 Å². The van der Waals surface area contributed by atoms with Crippen LogP contribution in [0.25, 0.3) is 10.9 Å². The molecule has 0 fully saturated rings. The van der Waals surface area contributed by atoms with E-state index in [1.165, 1.54) is 0 Å². The number of benzene rings is 2. The maximum Gasteiger partial charge on any atom is 0.146 e. The van der Waals surface area contributed by atoms with Crippen molar-refractivity contribution in [3.63, 3.8) is 0 Å². The van der Waals surface area contributed by atoms with Crippen molar-refractivity contribution in [1.29, 1.82) is 5.41 Å². The molecule has 0 aliphatic carbocycles. The highest BCUT2D eigenvalue weighted by Crippen LogP contribution is 2.23. The Morgan fingerprint density at radius 1 is 1.05 bits per heavy atom. The summed E-state index contributed by atoms with van der Waals surface area (Å²) in [5.41, 5.74) is 8.03. The Balaban J connectivity index is 1.79. The fourth-order valence-corrected chi connectivity index (χ4v) is 2.13. The number of pyridine rings is 1. The molecule has 4 heteroatoms. The maximum atomic E-state index is 7.37. The number of ether oxygens (including phenoxy) is 1. The summed E-state index contributed by atoms with van der Waals surface area (Å²) in [5, 5.41) is 8.43. The van der Waals surface area contributed by atoms with E-state index >= 15 is 0 Å². The van der Waals surface area contributed by atoms with E-state index in [9.17, 15) is 0 Å². The molecular weight excluding hydrogens is 262 g/mol. The number of aromatic nitrogens is 1. The van der Waals surface area contributed by atoms with E-state index < -0.39 is 0 Å². The number of nitrogen functional groups attached to an aromatic ring is 1. The summed E-state index contributed by atoms with van der Waals surface area (Å²) in [6.45, 7) is 0.452. The quantitative estimate of drug-likeness (QED) is 0.568. The van der Waals surface area contributed by atoms with E-state index in [0.717, 1.165) is 22.2 Å². The van der Waals surface area contributed by atoms with Crippen LogP contribution in [-0.2, 0) is 6.61 Å². The number of nitrogens with one attached hydrogen (secondary N) is 1. The van der Waals surface area contributed by atoms with Crippen LogP contribution in [0.15, 0.2) is 60.8 Å². The summed E-state index contributed by atoms with van der Waals surface area (Å²) < 4.78 is 5.86. The third-order valence-electron chi connectivity index (χ3n) is 3.25. The predicted molar refractivity (Wildman–Crippen MR) is 83.5 cm³/mol. The lowest BCUT2D eigenvalue weighted by Crippen LogP contribution is -2.10. The zero-order chi connectivity index (χ0) is 14.7. The van der Waals surface area contributed by atoms with Crippen LogP contribution in [0.1, 0.15) is 11.1 Å². The lowest BCUT2D eigenvalue weighted by atomic mass is 10.1. The third kappa shape index (κ3) is 2.84. The molecule has 3 N–H and O–H groups in total. The van der Waals surface area contributed by atoms with Crippen molar-refractivity contribution in [3.05, 3.63) is 71.9 Å². The van der Waals surface area contributed by atoms with E-state index in [1.54, 1.807) is 6.20 Å². The molecule has 1 aromatic heterocycles. The zero-order valence-corrected chi connectivity index (χ0v) is 11.4. The van der Waals surface area contributed by atoms with Crippen LogP contribution in [0.4, 0.5) is 0 Å². The van der Waals surface area contributed by atoms with Gasteiger partial charge in [0.2, 0.25) is 0 Å². The lowest BCUT2D eigenvalue weighted by molar-refractivity contribution is 0.309. The van der Waals surface area contributed by atoms with Crippen molar-refractivity contribution >= 4 is 16.7 Å². The van der Waals surface area contributed by atoms with Gasteiger partial charge in [-0.15, -0.1) is 0 Å². The van der Waals surface area contributed by atoms with Crippen molar-refractivity contribution in [2.45, 2.75) is 6.61 Å². The van der Waals surface area contributed by atoms with Gasteiger partial charge in [-0.1, -0.05) is 42.5 Å². The van der Waals surface area contributed by atoms with E-state index in [4.69, 9.17) is 15.9 Å². The van der Waals surface area contributed by atoms with Crippen LogP contribution in [0.5, 0.6) is 5.75 Å². The maximum absolute atomic E-state index is 7.37. The molecule has 4 nitrogen and oxygen atoms in total. The largest absolute Gasteiger partial charge is 0.487 e. The normalized spacial score (nSPS) is 10.5. The molecule has 0 unspecified atom stereocenters. The number of hydrogen-bond acceptors (Lipinski definition) is 3. The van der Waals surface area contributed by atoms with Crippen LogP contribution < -0.4 is 10.5 Å². The summed E-state index contributed by atoms with van der Waals surface area (Å²) in [6, 6.07) is 17.3. The van der Waals surface area contributed by atoms with Crippen molar-refractivity contribution in [3.8, 4) is 5.75 Å². The summed E-state index contributed by atoms with van der Waals surface area (Å²) in [6.07, 6.45) is 1.76. The molecule has 0 radical (unpaired) electrons. The Morgan fingerprint density at radius 2 is 1.81 bits per heavy atom. The first-order valence-corrected chi connectivity index (χ1v) is 6.64. The van der Waals surface area contributed by atoms with Gasteiger partial charge in [0.05, 0.1) is 0 Å². The zero-order valence-electron chi connectivity index (χ0n) is 11.4. The molecule has 0 saturated heterocycles. The predicted octanol–water partition coefficient (Wildman–Crippen LogP) is 3.10. The van der Waals surface area contributed by atoms with Crippen LogP contribution in [0.2, 0.25) is 0 Å². The van der Waals surface area contributed by atoms with Crippen LogP contribution in [0.3, 0.4) is 0 Å². The smallest absolute Gasteiger partial charge is 0.146 e. The second-order valence-electron chi connectivity index (χ2n) is 4.73. The lowest BCUT2D eigenvalue weighted by Gasteiger charge is -2.09. The van der Waals surface area contributed by atoms with Crippen molar-refractivity contribution in [2.24, 2.45) is 5.73 Å². The van der Waals surface area contributed by atoms with Gasteiger partial charge in [-0.3, -0.25) is 10.4 Å². The molecule has 0 spiro atoms. The average molecular weight is 277 g/mol.